The van der Waals surface area contributed by atoms with Gasteiger partial charge in [0.1, 0.15) is 17.2 Å². The zero-order valence-corrected chi connectivity index (χ0v) is 20.2. The molecule has 10 heteroatoms. The number of ether oxygens (including phenoxy) is 3. The van der Waals surface area contributed by atoms with E-state index in [0.717, 1.165) is 24.2 Å². The first-order valence-electron chi connectivity index (χ1n) is 11.2. The molecule has 184 valence electrons. The van der Waals surface area contributed by atoms with Crippen LogP contribution in [0.15, 0.2) is 66.9 Å². The van der Waals surface area contributed by atoms with Gasteiger partial charge in [-0.15, -0.1) is 0 Å². The minimum Gasteiger partial charge on any atom is -0.491 e. The second kappa shape index (κ2) is 10.7. The molecule has 4 rings (SSSR count). The molecule has 1 saturated heterocycles. The van der Waals surface area contributed by atoms with Gasteiger partial charge < -0.3 is 14.2 Å². The Bertz CT molecular complexity index is 1260. The number of amides is 1. The molecule has 1 fully saturated rings. The van der Waals surface area contributed by atoms with Crippen molar-refractivity contribution in [2.45, 2.75) is 38.3 Å². The number of hydrogen-bond acceptors (Lipinski definition) is 7. The fourth-order valence-electron chi connectivity index (χ4n) is 3.73. The van der Waals surface area contributed by atoms with Gasteiger partial charge in [-0.05, 0) is 55.2 Å². The van der Waals surface area contributed by atoms with Crippen LogP contribution in [0.2, 0.25) is 0 Å². The van der Waals surface area contributed by atoms with Crippen LogP contribution in [0.1, 0.15) is 36.9 Å². The summed E-state index contributed by atoms with van der Waals surface area (Å²) in [6, 6.07) is 17.9. The lowest BCUT2D eigenvalue weighted by atomic mass is 10.0. The molecule has 35 heavy (non-hydrogen) atoms. The van der Waals surface area contributed by atoms with Crippen molar-refractivity contribution in [1.29, 1.82) is 0 Å². The van der Waals surface area contributed by atoms with E-state index in [-0.39, 0.29) is 12.5 Å². The monoisotopic (exact) mass is 497 g/mol. The molecule has 1 amide bonds. The van der Waals surface area contributed by atoms with Gasteiger partial charge in [0.15, 0.2) is 0 Å². The summed E-state index contributed by atoms with van der Waals surface area (Å²) >= 11 is 0. The molecule has 2 heterocycles. The molecule has 0 aliphatic carbocycles. The van der Waals surface area contributed by atoms with Crippen LogP contribution >= 0.6 is 0 Å². The van der Waals surface area contributed by atoms with Crippen molar-refractivity contribution < 1.29 is 27.4 Å². The molecule has 2 N–H and O–H groups in total. The highest BCUT2D eigenvalue weighted by Crippen LogP contribution is 2.28. The zero-order valence-electron chi connectivity index (χ0n) is 19.4. The second-order valence-corrected chi connectivity index (χ2v) is 9.63. The predicted octanol–water partition coefficient (Wildman–Crippen LogP) is 3.68. The summed E-state index contributed by atoms with van der Waals surface area (Å²) in [5.74, 6) is 2.04. The molecular weight excluding hydrogens is 470 g/mol. The molecule has 1 aliphatic rings. The van der Waals surface area contributed by atoms with Crippen LogP contribution < -0.4 is 23.7 Å². The van der Waals surface area contributed by atoms with E-state index in [9.17, 15) is 13.2 Å². The largest absolute Gasteiger partial charge is 0.491 e. The quantitative estimate of drug-likeness (QED) is 0.463. The smallest absolute Gasteiger partial charge is 0.301 e. The number of carbonyl (C=O) groups excluding carboxylic acids is 1. The van der Waals surface area contributed by atoms with E-state index < -0.39 is 22.2 Å². The van der Waals surface area contributed by atoms with Gasteiger partial charge in [-0.1, -0.05) is 30.3 Å². The number of hydrogen-bond donors (Lipinski definition) is 2. The Morgan fingerprint density at radius 2 is 1.80 bits per heavy atom. The van der Waals surface area contributed by atoms with E-state index in [2.05, 4.69) is 9.71 Å². The average Bonchev–Trinajstić information content (AvgIpc) is 2.83. The fourth-order valence-corrected chi connectivity index (χ4v) is 4.77. The van der Waals surface area contributed by atoms with Crippen LogP contribution in [-0.4, -0.2) is 32.5 Å². The molecule has 0 saturated carbocycles. The third kappa shape index (κ3) is 6.71. The number of carbonyl (C=O) groups is 1. The maximum absolute atomic E-state index is 11.7. The van der Waals surface area contributed by atoms with Gasteiger partial charge >= 0.3 is 10.2 Å². The second-order valence-electron chi connectivity index (χ2n) is 8.19. The van der Waals surface area contributed by atoms with Crippen LogP contribution in [0.25, 0.3) is 0 Å². The molecule has 2 atom stereocenters. The zero-order chi connectivity index (χ0) is 24.8. The van der Waals surface area contributed by atoms with Gasteiger partial charge in [-0.3, -0.25) is 4.79 Å². The standard InChI is InChI=1S/C25H27N3O6S/c1-17(33-20-11-9-18(10-12-20)22-15-24(29)28-35(30,31)27-22)7-8-19-5-3-4-6-23(19)34-21-13-14-25(32-2)26-16-21/h3-6,9-14,16-17,22,27H,7-8,15H2,1-2H3,(H,28,29)/t17-,22?/m0/s1. The van der Waals surface area contributed by atoms with Crippen LogP contribution in [0.4, 0.5) is 0 Å². The maximum Gasteiger partial charge on any atom is 0.301 e. The Balaban J connectivity index is 1.33. The number of para-hydroxylation sites is 1. The third-order valence-corrected chi connectivity index (χ3v) is 6.59. The van der Waals surface area contributed by atoms with Crippen LogP contribution in [-0.2, 0) is 21.4 Å². The molecule has 0 radical (unpaired) electrons. The van der Waals surface area contributed by atoms with Crippen molar-refractivity contribution in [2.24, 2.45) is 0 Å². The van der Waals surface area contributed by atoms with Gasteiger partial charge in [0.05, 0.1) is 25.5 Å². The van der Waals surface area contributed by atoms with Crippen molar-refractivity contribution in [3.8, 4) is 23.1 Å². The number of nitrogens with zero attached hydrogens (tertiary/aromatic N) is 1. The lowest BCUT2D eigenvalue weighted by Crippen LogP contribution is -2.48. The Morgan fingerprint density at radius 3 is 2.49 bits per heavy atom. The number of benzene rings is 2. The Kier molecular flexibility index (Phi) is 7.52. The van der Waals surface area contributed by atoms with Crippen molar-refractivity contribution >= 4 is 16.1 Å². The normalized spacial score (nSPS) is 17.8. The molecule has 0 spiro atoms. The Labute approximate surface area is 204 Å². The first-order valence-corrected chi connectivity index (χ1v) is 12.6. The molecular formula is C25H27N3O6S. The average molecular weight is 498 g/mol. The summed E-state index contributed by atoms with van der Waals surface area (Å²) in [6.07, 6.45) is 3.10. The van der Waals surface area contributed by atoms with Crippen molar-refractivity contribution in [2.75, 3.05) is 7.11 Å². The number of aryl methyl sites for hydroxylation is 1. The number of rotatable bonds is 9. The third-order valence-electron chi connectivity index (χ3n) is 5.49. The Morgan fingerprint density at radius 1 is 1.06 bits per heavy atom. The van der Waals surface area contributed by atoms with Gasteiger partial charge in [-0.2, -0.15) is 13.1 Å². The van der Waals surface area contributed by atoms with Crippen LogP contribution in [0.5, 0.6) is 23.1 Å². The number of nitrogens with one attached hydrogen (secondary N) is 2. The molecule has 1 aromatic heterocycles. The number of pyridine rings is 1. The molecule has 1 unspecified atom stereocenters. The van der Waals surface area contributed by atoms with Gasteiger partial charge in [0.25, 0.3) is 0 Å². The first kappa shape index (κ1) is 24.5. The number of methoxy groups -OCH3 is 1. The summed E-state index contributed by atoms with van der Waals surface area (Å²) in [5.41, 5.74) is 1.75. The summed E-state index contributed by atoms with van der Waals surface area (Å²) in [4.78, 5) is 15.8. The maximum atomic E-state index is 11.7. The molecule has 2 aromatic carbocycles. The minimum absolute atomic E-state index is 0.0455. The minimum atomic E-state index is -3.82. The van der Waals surface area contributed by atoms with Gasteiger partial charge in [-0.25, -0.2) is 9.71 Å². The topological polar surface area (TPSA) is 116 Å². The highest BCUT2D eigenvalue weighted by atomic mass is 32.2. The molecule has 1 aliphatic heterocycles. The predicted molar refractivity (Wildman–Crippen MR) is 130 cm³/mol. The van der Waals surface area contributed by atoms with E-state index in [0.29, 0.717) is 22.9 Å². The lowest BCUT2D eigenvalue weighted by Gasteiger charge is -2.24. The molecule has 9 nitrogen and oxygen atoms in total. The van der Waals surface area contributed by atoms with Crippen molar-refractivity contribution in [3.05, 3.63) is 78.0 Å². The van der Waals surface area contributed by atoms with E-state index in [1.54, 1.807) is 43.6 Å². The molecule has 3 aromatic rings. The summed E-state index contributed by atoms with van der Waals surface area (Å²) in [7, 11) is -2.25. The van der Waals surface area contributed by atoms with Gasteiger partial charge in [0, 0.05) is 12.5 Å². The Hall–Kier alpha value is -3.63. The summed E-state index contributed by atoms with van der Waals surface area (Å²) in [5, 5.41) is 0. The fraction of sp³-hybridized carbons (Fsp3) is 0.280. The van der Waals surface area contributed by atoms with E-state index in [1.807, 2.05) is 42.0 Å². The van der Waals surface area contributed by atoms with E-state index >= 15 is 0 Å². The molecule has 0 bridgehead atoms. The van der Waals surface area contributed by atoms with E-state index in [1.165, 1.54) is 0 Å². The number of aromatic nitrogens is 1. The van der Waals surface area contributed by atoms with Crippen LogP contribution in [0.3, 0.4) is 0 Å². The highest BCUT2D eigenvalue weighted by Gasteiger charge is 2.29. The highest BCUT2D eigenvalue weighted by molar-refractivity contribution is 7.88. The first-order chi connectivity index (χ1) is 16.8. The SMILES string of the molecule is COc1ccc(Oc2ccccc2CC[C@H](C)Oc2ccc(C3CC(=O)NS(=O)(=O)N3)cc2)cn1. The summed E-state index contributed by atoms with van der Waals surface area (Å²) < 4.78 is 44.9. The van der Waals surface area contributed by atoms with Crippen molar-refractivity contribution in [3.63, 3.8) is 0 Å². The van der Waals surface area contributed by atoms with E-state index in [4.69, 9.17) is 14.2 Å². The lowest BCUT2D eigenvalue weighted by molar-refractivity contribution is -0.120. The summed E-state index contributed by atoms with van der Waals surface area (Å²) in [6.45, 7) is 1.99. The van der Waals surface area contributed by atoms with Crippen LogP contribution in [0, 0.1) is 0 Å². The van der Waals surface area contributed by atoms with Gasteiger partial charge in [0.2, 0.25) is 11.8 Å². The van der Waals surface area contributed by atoms with Crippen molar-refractivity contribution in [1.82, 2.24) is 14.4 Å².